The van der Waals surface area contributed by atoms with Crippen LogP contribution in [0.1, 0.15) is 36.5 Å². The maximum atomic E-state index is 13.0. The Labute approximate surface area is 303 Å². The normalized spacial score (nSPS) is 15.5. The van der Waals surface area contributed by atoms with E-state index in [1.165, 1.54) is 7.11 Å². The number of aliphatic imine (C=N–C) groups is 1. The Morgan fingerprint density at radius 3 is 1.90 bits per heavy atom. The molecule has 256 valence electrons. The highest BCUT2D eigenvalue weighted by atomic mass is 16.5. The molecule has 8 rings (SSSR count). The number of dihydropyridines is 1. The molecule has 1 atom stereocenters. The Balaban J connectivity index is 1.20. The Kier molecular flexibility index (Phi) is 8.65. The fourth-order valence-electron chi connectivity index (χ4n) is 7.63. The Hall–Kier alpha value is -6.41. The molecular weight excluding hydrogens is 645 g/mol. The minimum atomic E-state index is -0.871. The largest absolute Gasteiger partial charge is 0.466 e. The highest BCUT2D eigenvalue weighted by molar-refractivity contribution is 6.11. The number of carbonyl (C=O) groups excluding carboxylic acids is 1. The molecule has 0 spiro atoms. The third-order valence-electron chi connectivity index (χ3n) is 10.1. The van der Waals surface area contributed by atoms with Gasteiger partial charge in [0.05, 0.1) is 24.4 Å². The lowest BCUT2D eigenvalue weighted by molar-refractivity contribution is -0.136. The van der Waals surface area contributed by atoms with E-state index in [2.05, 4.69) is 77.7 Å². The van der Waals surface area contributed by atoms with Crippen LogP contribution in [0.5, 0.6) is 0 Å². The third kappa shape index (κ3) is 5.53. The number of methoxy groups -OCH3 is 1. The highest BCUT2D eigenvalue weighted by Crippen LogP contribution is 2.41. The first-order valence-corrected chi connectivity index (χ1v) is 17.5. The number of hydrogen-bond acceptors (Lipinski definition) is 7. The van der Waals surface area contributed by atoms with E-state index in [-0.39, 0.29) is 12.0 Å². The van der Waals surface area contributed by atoms with E-state index in [1.807, 2.05) is 86.8 Å². The lowest BCUT2D eigenvalue weighted by Gasteiger charge is -2.34. The fraction of sp³-hybridized carbons (Fsp3) is 0.159. The number of tetrazole rings is 1. The molecule has 8 heteroatoms. The summed E-state index contributed by atoms with van der Waals surface area (Å²) in [6.45, 7) is 1.95. The van der Waals surface area contributed by atoms with E-state index in [0.29, 0.717) is 11.4 Å². The van der Waals surface area contributed by atoms with Crippen LogP contribution in [0.2, 0.25) is 0 Å². The number of carbonyl (C=O) groups is 1. The first-order valence-electron chi connectivity index (χ1n) is 17.5. The van der Waals surface area contributed by atoms with Crippen molar-refractivity contribution < 1.29 is 9.53 Å². The van der Waals surface area contributed by atoms with Crippen molar-refractivity contribution in [3.05, 3.63) is 179 Å². The van der Waals surface area contributed by atoms with Crippen LogP contribution >= 0.6 is 0 Å². The van der Waals surface area contributed by atoms with Gasteiger partial charge in [-0.15, -0.1) is 15.0 Å². The van der Waals surface area contributed by atoms with Crippen LogP contribution in [-0.2, 0) is 15.1 Å². The molecule has 0 radical (unpaired) electrons. The molecule has 0 bridgehead atoms. The zero-order chi connectivity index (χ0) is 35.7. The lowest BCUT2D eigenvalue weighted by Crippen LogP contribution is -2.39. The number of allylic oxidation sites excluding steroid dienone is 2. The zero-order valence-corrected chi connectivity index (χ0v) is 29.3. The quantitative estimate of drug-likeness (QED) is 0.113. The van der Waals surface area contributed by atoms with Gasteiger partial charge in [0.15, 0.2) is 5.54 Å². The first kappa shape index (κ1) is 32.8. The predicted molar refractivity (Wildman–Crippen MR) is 205 cm³/mol. The van der Waals surface area contributed by atoms with Crippen LogP contribution in [0, 0.1) is 0 Å². The van der Waals surface area contributed by atoms with Crippen LogP contribution in [-0.4, -0.2) is 52.1 Å². The highest BCUT2D eigenvalue weighted by Gasteiger charge is 2.41. The van der Waals surface area contributed by atoms with Gasteiger partial charge < -0.3 is 9.64 Å². The minimum Gasteiger partial charge on any atom is -0.466 e. The second kappa shape index (κ2) is 13.7. The van der Waals surface area contributed by atoms with Gasteiger partial charge in [0.1, 0.15) is 0 Å². The van der Waals surface area contributed by atoms with Gasteiger partial charge in [-0.05, 0) is 64.9 Å². The number of hydrogen-bond donors (Lipinski definition) is 0. The Bertz CT molecular complexity index is 2230. The van der Waals surface area contributed by atoms with E-state index < -0.39 is 5.54 Å². The summed E-state index contributed by atoms with van der Waals surface area (Å²) >= 11 is 0. The zero-order valence-electron chi connectivity index (χ0n) is 29.3. The average molecular weight is 683 g/mol. The Morgan fingerprint density at radius 2 is 1.33 bits per heavy atom. The number of esters is 1. The molecule has 0 N–H and O–H groups in total. The molecule has 1 unspecified atom stereocenters. The van der Waals surface area contributed by atoms with Crippen molar-refractivity contribution in [1.29, 1.82) is 0 Å². The number of benzene rings is 5. The van der Waals surface area contributed by atoms with Gasteiger partial charge in [0.25, 0.3) is 0 Å². The van der Waals surface area contributed by atoms with Crippen molar-refractivity contribution in [3.63, 3.8) is 0 Å². The van der Waals surface area contributed by atoms with Crippen molar-refractivity contribution >= 4 is 17.4 Å². The monoisotopic (exact) mass is 682 g/mol. The smallest absolute Gasteiger partial charge is 0.338 e. The molecule has 1 aromatic heterocycles. The molecule has 2 heterocycles. The standard InChI is InChI=1S/C44H38N6O2/c1-30-40(43(51)52-3)41(38-24-15-25-39(38)45-30)49(2)35-28-26-31(27-29-35)36-22-13-14-23-37(36)42-46-48-50(47-42)44(32-16-7-4-8-17-32,33-18-9-5-10-19-33)34-20-11-6-12-21-34/h4-14,16-24,26-30H,15,25H2,1-3H3. The molecule has 6 aromatic rings. The molecule has 5 aromatic carbocycles. The molecule has 0 saturated carbocycles. The number of rotatable bonds is 9. The van der Waals surface area contributed by atoms with Gasteiger partial charge in [-0.3, -0.25) is 4.99 Å². The number of nitrogens with zero attached hydrogens (tertiary/aromatic N) is 6. The van der Waals surface area contributed by atoms with Crippen LogP contribution in [0.3, 0.4) is 0 Å². The van der Waals surface area contributed by atoms with Gasteiger partial charge in [0.2, 0.25) is 5.82 Å². The van der Waals surface area contributed by atoms with Crippen molar-refractivity contribution in [2.75, 3.05) is 19.1 Å². The number of fused-ring (bicyclic) bond motifs is 1. The van der Waals surface area contributed by atoms with E-state index in [0.717, 1.165) is 68.9 Å². The van der Waals surface area contributed by atoms with Crippen LogP contribution in [0.4, 0.5) is 5.69 Å². The third-order valence-corrected chi connectivity index (χ3v) is 10.1. The number of ether oxygens (including phenoxy) is 1. The second-order valence-corrected chi connectivity index (χ2v) is 13.0. The molecule has 1 aliphatic carbocycles. The Morgan fingerprint density at radius 1 is 0.769 bits per heavy atom. The molecule has 2 aliphatic rings. The summed E-state index contributed by atoms with van der Waals surface area (Å²) in [6, 6.07) is 47.2. The summed E-state index contributed by atoms with van der Waals surface area (Å²) in [5.41, 5.74) is 9.48. The molecule has 0 fully saturated rings. The van der Waals surface area contributed by atoms with Gasteiger partial charge in [0, 0.05) is 29.6 Å². The number of anilines is 1. The summed E-state index contributed by atoms with van der Waals surface area (Å²) in [7, 11) is 3.42. The lowest BCUT2D eigenvalue weighted by atomic mass is 9.77. The fourth-order valence-corrected chi connectivity index (χ4v) is 7.63. The molecule has 1 aliphatic heterocycles. The maximum absolute atomic E-state index is 13.0. The van der Waals surface area contributed by atoms with E-state index in [1.54, 1.807) is 4.80 Å². The number of likely N-dealkylation sites (N-methyl/N-ethyl adjacent to an activating group) is 1. The summed E-state index contributed by atoms with van der Waals surface area (Å²) in [6.07, 6.45) is 3.96. The van der Waals surface area contributed by atoms with E-state index in [4.69, 9.17) is 25.1 Å². The van der Waals surface area contributed by atoms with Crippen LogP contribution in [0.15, 0.2) is 167 Å². The van der Waals surface area contributed by atoms with Crippen molar-refractivity contribution in [2.24, 2.45) is 4.99 Å². The van der Waals surface area contributed by atoms with Crippen LogP contribution in [0.25, 0.3) is 22.5 Å². The first-order chi connectivity index (χ1) is 25.5. The van der Waals surface area contributed by atoms with Gasteiger partial charge in [-0.2, -0.15) is 0 Å². The SMILES string of the molecule is COC(=O)C1=C(N(C)c2ccc(-c3ccccc3-c3nnn(C(c4ccccc4)(c4ccccc4)c4ccccc4)n3)cc2)C2=CCCC2=NC1C. The summed E-state index contributed by atoms with van der Waals surface area (Å²) < 4.78 is 5.22. The molecule has 52 heavy (non-hydrogen) atoms. The second-order valence-electron chi connectivity index (χ2n) is 13.0. The molecular formula is C44H38N6O2. The summed E-state index contributed by atoms with van der Waals surface area (Å²) in [4.78, 5) is 21.7. The van der Waals surface area contributed by atoms with E-state index >= 15 is 0 Å². The minimum absolute atomic E-state index is 0.286. The molecule has 0 amide bonds. The summed E-state index contributed by atoms with van der Waals surface area (Å²) in [5, 5.41) is 14.7. The molecule has 0 saturated heterocycles. The average Bonchev–Trinajstić information content (AvgIpc) is 3.89. The van der Waals surface area contributed by atoms with Gasteiger partial charge >= 0.3 is 5.97 Å². The number of aromatic nitrogens is 4. The molecule has 8 nitrogen and oxygen atoms in total. The topological polar surface area (TPSA) is 85.5 Å². The maximum Gasteiger partial charge on any atom is 0.338 e. The van der Waals surface area contributed by atoms with Crippen LogP contribution < -0.4 is 4.90 Å². The van der Waals surface area contributed by atoms with Gasteiger partial charge in [-0.1, -0.05) is 133 Å². The summed E-state index contributed by atoms with van der Waals surface area (Å²) in [5.74, 6) is 0.167. The van der Waals surface area contributed by atoms with Crippen molar-refractivity contribution in [1.82, 2.24) is 20.2 Å². The van der Waals surface area contributed by atoms with E-state index in [9.17, 15) is 4.79 Å². The van der Waals surface area contributed by atoms with Gasteiger partial charge in [-0.25, -0.2) is 4.79 Å². The van der Waals surface area contributed by atoms with Crippen molar-refractivity contribution in [3.8, 4) is 22.5 Å². The van der Waals surface area contributed by atoms with Crippen molar-refractivity contribution in [2.45, 2.75) is 31.3 Å². The predicted octanol–water partition coefficient (Wildman–Crippen LogP) is 8.27.